The van der Waals surface area contributed by atoms with Gasteiger partial charge in [0.1, 0.15) is 0 Å². The maximum absolute atomic E-state index is 12.7. The molecule has 8 heteroatoms. The molecule has 0 radical (unpaired) electrons. The number of nitrogens with one attached hydrogen (secondary N) is 3. The van der Waals surface area contributed by atoms with Crippen LogP contribution < -0.4 is 25.4 Å². The van der Waals surface area contributed by atoms with Gasteiger partial charge in [-0.3, -0.25) is 14.4 Å². The molecule has 0 bridgehead atoms. The Morgan fingerprint density at radius 2 is 1.73 bits per heavy atom. The summed E-state index contributed by atoms with van der Waals surface area (Å²) in [7, 11) is 1.46. The van der Waals surface area contributed by atoms with Crippen LogP contribution in [0.25, 0.3) is 0 Å². The molecule has 0 spiro atoms. The highest BCUT2D eigenvalue weighted by molar-refractivity contribution is 6.05. The van der Waals surface area contributed by atoms with E-state index in [9.17, 15) is 14.4 Å². The molecular weight excluding hydrogens is 386 g/mol. The van der Waals surface area contributed by atoms with Crippen molar-refractivity contribution in [3.8, 4) is 11.5 Å². The summed E-state index contributed by atoms with van der Waals surface area (Å²) in [4.78, 5) is 35.7. The number of carbonyl (C=O) groups excluding carboxylic acids is 3. The van der Waals surface area contributed by atoms with Crippen LogP contribution in [0.2, 0.25) is 0 Å². The van der Waals surface area contributed by atoms with E-state index in [1.54, 1.807) is 30.3 Å². The first-order chi connectivity index (χ1) is 14.2. The zero-order chi connectivity index (χ0) is 22.3. The van der Waals surface area contributed by atoms with E-state index in [4.69, 9.17) is 9.47 Å². The van der Waals surface area contributed by atoms with Crippen molar-refractivity contribution >= 4 is 29.1 Å². The summed E-state index contributed by atoms with van der Waals surface area (Å²) >= 11 is 0. The van der Waals surface area contributed by atoms with E-state index in [1.807, 2.05) is 20.8 Å². The second kappa shape index (κ2) is 10.3. The average molecular weight is 413 g/mol. The molecule has 0 atom stereocenters. The van der Waals surface area contributed by atoms with E-state index in [-0.39, 0.29) is 30.4 Å². The highest BCUT2D eigenvalue weighted by Crippen LogP contribution is 2.29. The molecule has 2 aromatic rings. The molecule has 3 N–H and O–H groups in total. The second-order valence-corrected chi connectivity index (χ2v) is 7.04. The van der Waals surface area contributed by atoms with E-state index in [1.165, 1.54) is 20.1 Å². The minimum Gasteiger partial charge on any atom is -0.493 e. The molecule has 0 heterocycles. The molecule has 3 amide bonds. The molecular formula is C22H27N3O5. The van der Waals surface area contributed by atoms with Gasteiger partial charge in [-0.2, -0.15) is 0 Å². The Bertz CT molecular complexity index is 940. The molecule has 0 fully saturated rings. The van der Waals surface area contributed by atoms with Crippen LogP contribution in [-0.2, 0) is 9.59 Å². The fourth-order valence-corrected chi connectivity index (χ4v) is 2.67. The third kappa shape index (κ3) is 6.51. The molecule has 0 aliphatic rings. The summed E-state index contributed by atoms with van der Waals surface area (Å²) in [6, 6.07) is 9.98. The predicted molar refractivity (Wildman–Crippen MR) is 115 cm³/mol. The molecule has 0 aliphatic carbocycles. The van der Waals surface area contributed by atoms with Gasteiger partial charge in [0.15, 0.2) is 18.1 Å². The number of methoxy groups -OCH3 is 1. The van der Waals surface area contributed by atoms with Gasteiger partial charge in [-0.05, 0) is 56.7 Å². The maximum Gasteiger partial charge on any atom is 0.258 e. The smallest absolute Gasteiger partial charge is 0.258 e. The van der Waals surface area contributed by atoms with Crippen LogP contribution in [-0.4, -0.2) is 37.5 Å². The molecule has 0 saturated heterocycles. The largest absolute Gasteiger partial charge is 0.493 e. The quantitative estimate of drug-likeness (QED) is 0.617. The first-order valence-electron chi connectivity index (χ1n) is 9.49. The van der Waals surface area contributed by atoms with E-state index in [2.05, 4.69) is 16.0 Å². The summed E-state index contributed by atoms with van der Waals surface area (Å²) in [6.45, 7) is 6.83. The standard InChI is InChI=1S/C22H27N3O5/c1-13(2)23-21(27)12-30-19-9-7-16(10-20(19)29-5)22(28)25-18-11-17(24-15(4)26)8-6-14(18)3/h6-11,13H,12H2,1-5H3,(H,23,27)(H,24,26)(H,25,28). The van der Waals surface area contributed by atoms with Gasteiger partial charge in [-0.1, -0.05) is 6.07 Å². The fraction of sp³-hybridized carbons (Fsp3) is 0.318. The fourth-order valence-electron chi connectivity index (χ4n) is 2.67. The van der Waals surface area contributed by atoms with Gasteiger partial charge >= 0.3 is 0 Å². The van der Waals surface area contributed by atoms with Crippen LogP contribution in [0.15, 0.2) is 36.4 Å². The van der Waals surface area contributed by atoms with Gasteiger partial charge in [0.05, 0.1) is 7.11 Å². The highest BCUT2D eigenvalue weighted by Gasteiger charge is 2.14. The maximum atomic E-state index is 12.7. The molecule has 8 nitrogen and oxygen atoms in total. The Hall–Kier alpha value is -3.55. The molecule has 0 aliphatic heterocycles. The molecule has 30 heavy (non-hydrogen) atoms. The summed E-state index contributed by atoms with van der Waals surface area (Å²) in [6.07, 6.45) is 0. The van der Waals surface area contributed by atoms with Gasteiger partial charge in [0.25, 0.3) is 11.8 Å². The number of hydrogen-bond acceptors (Lipinski definition) is 5. The van der Waals surface area contributed by atoms with Crippen molar-refractivity contribution in [1.29, 1.82) is 0 Å². The second-order valence-electron chi connectivity index (χ2n) is 7.04. The molecule has 160 valence electrons. The summed E-state index contributed by atoms with van der Waals surface area (Å²) < 4.78 is 10.8. The highest BCUT2D eigenvalue weighted by atomic mass is 16.5. The first kappa shape index (κ1) is 22.7. The lowest BCUT2D eigenvalue weighted by Gasteiger charge is -2.14. The monoisotopic (exact) mass is 413 g/mol. The SMILES string of the molecule is COc1cc(C(=O)Nc2cc(NC(C)=O)ccc2C)ccc1OCC(=O)NC(C)C. The molecule has 2 aromatic carbocycles. The van der Waals surface area contributed by atoms with Crippen LogP contribution in [0.4, 0.5) is 11.4 Å². The van der Waals surface area contributed by atoms with Crippen molar-refractivity contribution in [2.75, 3.05) is 24.4 Å². The van der Waals surface area contributed by atoms with Gasteiger partial charge in [0.2, 0.25) is 5.91 Å². The number of anilines is 2. The minimum atomic E-state index is -0.347. The zero-order valence-corrected chi connectivity index (χ0v) is 17.8. The topological polar surface area (TPSA) is 106 Å². The lowest BCUT2D eigenvalue weighted by atomic mass is 10.1. The number of rotatable bonds is 8. The van der Waals surface area contributed by atoms with Crippen LogP contribution in [0, 0.1) is 6.92 Å². The third-order valence-electron chi connectivity index (χ3n) is 4.04. The molecule has 0 unspecified atom stereocenters. The Morgan fingerprint density at radius 1 is 1.00 bits per heavy atom. The Morgan fingerprint density at radius 3 is 2.37 bits per heavy atom. The Kier molecular flexibility index (Phi) is 7.80. The average Bonchev–Trinajstić information content (AvgIpc) is 2.67. The number of amides is 3. The van der Waals surface area contributed by atoms with E-state index < -0.39 is 0 Å². The number of benzene rings is 2. The van der Waals surface area contributed by atoms with E-state index in [0.717, 1.165) is 5.56 Å². The lowest BCUT2D eigenvalue weighted by molar-refractivity contribution is -0.123. The predicted octanol–water partition coefficient (Wildman–Crippen LogP) is 3.12. The third-order valence-corrected chi connectivity index (χ3v) is 4.04. The van der Waals surface area contributed by atoms with Crippen molar-refractivity contribution in [2.45, 2.75) is 33.7 Å². The lowest BCUT2D eigenvalue weighted by Crippen LogP contribution is -2.34. The van der Waals surface area contributed by atoms with Gasteiger partial charge < -0.3 is 25.4 Å². The summed E-state index contributed by atoms with van der Waals surface area (Å²) in [5, 5.41) is 8.25. The van der Waals surface area contributed by atoms with Gasteiger partial charge in [0, 0.05) is 29.9 Å². The van der Waals surface area contributed by atoms with Gasteiger partial charge in [-0.25, -0.2) is 0 Å². The zero-order valence-electron chi connectivity index (χ0n) is 17.8. The van der Waals surface area contributed by atoms with E-state index >= 15 is 0 Å². The first-order valence-corrected chi connectivity index (χ1v) is 9.49. The Labute approximate surface area is 175 Å². The van der Waals surface area contributed by atoms with Crippen molar-refractivity contribution in [2.24, 2.45) is 0 Å². The molecule has 0 aromatic heterocycles. The van der Waals surface area contributed by atoms with Crippen LogP contribution in [0.3, 0.4) is 0 Å². The van der Waals surface area contributed by atoms with Crippen LogP contribution in [0.5, 0.6) is 11.5 Å². The number of carbonyl (C=O) groups is 3. The molecule has 0 saturated carbocycles. The van der Waals surface area contributed by atoms with Crippen molar-refractivity contribution in [1.82, 2.24) is 5.32 Å². The van der Waals surface area contributed by atoms with Crippen LogP contribution in [0.1, 0.15) is 36.7 Å². The number of ether oxygens (including phenoxy) is 2. The Balaban J connectivity index is 2.13. The minimum absolute atomic E-state index is 0.0154. The van der Waals surface area contributed by atoms with Crippen molar-refractivity contribution in [3.63, 3.8) is 0 Å². The molecule has 2 rings (SSSR count). The van der Waals surface area contributed by atoms with E-state index in [0.29, 0.717) is 28.4 Å². The van der Waals surface area contributed by atoms with Gasteiger partial charge in [-0.15, -0.1) is 0 Å². The summed E-state index contributed by atoms with van der Waals surface area (Å²) in [5.74, 6) is -0.0945. The normalized spacial score (nSPS) is 10.3. The summed E-state index contributed by atoms with van der Waals surface area (Å²) in [5.41, 5.74) is 2.37. The number of hydrogen-bond donors (Lipinski definition) is 3. The number of aryl methyl sites for hydroxylation is 1. The van der Waals surface area contributed by atoms with Crippen molar-refractivity contribution < 1.29 is 23.9 Å². The van der Waals surface area contributed by atoms with Crippen molar-refractivity contribution in [3.05, 3.63) is 47.5 Å². The van der Waals surface area contributed by atoms with Crippen LogP contribution >= 0.6 is 0 Å².